The third-order valence-corrected chi connectivity index (χ3v) is 6.80. The zero-order valence-corrected chi connectivity index (χ0v) is 21.2. The number of thiazole rings is 1. The number of pyridine rings is 1. The third-order valence-electron chi connectivity index (χ3n) is 5.74. The molecule has 35 heavy (non-hydrogen) atoms. The van der Waals surface area contributed by atoms with Crippen LogP contribution in [0.2, 0.25) is 0 Å². The summed E-state index contributed by atoms with van der Waals surface area (Å²) in [4.78, 5) is 37.4. The van der Waals surface area contributed by atoms with E-state index in [0.29, 0.717) is 17.3 Å². The van der Waals surface area contributed by atoms with Gasteiger partial charge in [0, 0.05) is 47.0 Å². The second-order valence-corrected chi connectivity index (χ2v) is 9.76. The van der Waals surface area contributed by atoms with E-state index in [9.17, 15) is 9.59 Å². The molecule has 1 N–H and O–H groups in total. The Bertz CT molecular complexity index is 1390. The van der Waals surface area contributed by atoms with E-state index < -0.39 is 0 Å². The largest absolute Gasteiger partial charge is 0.306 e. The summed E-state index contributed by atoms with van der Waals surface area (Å²) < 4.78 is 1.55. The maximum absolute atomic E-state index is 12.8. The van der Waals surface area contributed by atoms with Gasteiger partial charge in [0.15, 0.2) is 5.13 Å². The fourth-order valence-corrected chi connectivity index (χ4v) is 4.44. The van der Waals surface area contributed by atoms with Crippen LogP contribution in [0.25, 0.3) is 22.2 Å². The van der Waals surface area contributed by atoms with Crippen LogP contribution < -0.4 is 5.32 Å². The molecule has 0 saturated heterocycles. The lowest BCUT2D eigenvalue weighted by Crippen LogP contribution is -2.18. The summed E-state index contributed by atoms with van der Waals surface area (Å²) in [5, 5.41) is 4.43. The van der Waals surface area contributed by atoms with E-state index in [0.717, 1.165) is 33.4 Å². The van der Waals surface area contributed by atoms with Crippen LogP contribution in [-0.4, -0.2) is 51.9 Å². The van der Waals surface area contributed by atoms with E-state index >= 15 is 0 Å². The first kappa shape index (κ1) is 24.5. The Kier molecular flexibility index (Phi) is 7.53. The number of likely N-dealkylation sites (N-methyl/N-ethyl adjacent to an activating group) is 1. The Labute approximate surface area is 209 Å². The van der Waals surface area contributed by atoms with Gasteiger partial charge in [0.2, 0.25) is 5.91 Å². The van der Waals surface area contributed by atoms with Crippen molar-refractivity contribution in [1.82, 2.24) is 19.4 Å². The summed E-state index contributed by atoms with van der Waals surface area (Å²) in [6.07, 6.45) is 9.61. The molecule has 0 radical (unpaired) electrons. The molecule has 1 aromatic carbocycles. The van der Waals surface area contributed by atoms with Crippen molar-refractivity contribution in [1.29, 1.82) is 0 Å². The maximum atomic E-state index is 12.8. The zero-order chi connectivity index (χ0) is 24.9. The average molecular weight is 488 g/mol. The number of amides is 1. The van der Waals surface area contributed by atoms with Crippen LogP contribution in [0.5, 0.6) is 0 Å². The van der Waals surface area contributed by atoms with Gasteiger partial charge in [-0.05, 0) is 50.7 Å². The maximum Gasteiger partial charge on any atom is 0.255 e. The second kappa shape index (κ2) is 10.8. The van der Waals surface area contributed by atoms with Gasteiger partial charge in [0.1, 0.15) is 5.65 Å². The Morgan fingerprint density at radius 1 is 1.14 bits per heavy atom. The first-order valence-corrected chi connectivity index (χ1v) is 12.4. The highest BCUT2D eigenvalue weighted by Gasteiger charge is 2.18. The van der Waals surface area contributed by atoms with E-state index in [4.69, 9.17) is 0 Å². The molecule has 0 fully saturated rings. The molecular weight excluding hydrogens is 458 g/mol. The smallest absolute Gasteiger partial charge is 0.255 e. The second-order valence-electron chi connectivity index (χ2n) is 8.65. The molecular formula is C27H29N5O2S. The van der Waals surface area contributed by atoms with Crippen molar-refractivity contribution in [3.8, 4) is 11.1 Å². The number of allylic oxidation sites excluding steroid dienone is 1. The molecule has 3 aromatic heterocycles. The summed E-state index contributed by atoms with van der Waals surface area (Å²) in [6, 6.07) is 11.8. The standard InChI is InChI=1S/C27H29N5O2S/c1-5-23-17-29-27(35-23)30-26(34)18(2)19-8-6-9-20(14-19)22-15-21-11-13-32(25(21)28-16-22)24(33)10-7-12-31(3)4/h6-11,13-18H,5,12H2,1-4H3,(H,29,30,34). The number of carbonyl (C=O) groups is 2. The zero-order valence-electron chi connectivity index (χ0n) is 20.4. The van der Waals surface area contributed by atoms with Gasteiger partial charge >= 0.3 is 0 Å². The SMILES string of the molecule is CCc1cnc(NC(=O)C(C)c2cccc(-c3cnc4c(ccn4C(=O)C=CCN(C)C)c3)c2)s1. The summed E-state index contributed by atoms with van der Waals surface area (Å²) in [7, 11) is 3.90. The van der Waals surface area contributed by atoms with Crippen LogP contribution in [0, 0.1) is 0 Å². The number of anilines is 1. The van der Waals surface area contributed by atoms with Gasteiger partial charge in [0.05, 0.1) is 5.92 Å². The molecule has 7 nitrogen and oxygen atoms in total. The Hall–Kier alpha value is -3.62. The molecule has 4 aromatic rings. The van der Waals surface area contributed by atoms with Gasteiger partial charge in [-0.1, -0.05) is 37.3 Å². The molecule has 0 aliphatic carbocycles. The van der Waals surface area contributed by atoms with Gasteiger partial charge in [-0.15, -0.1) is 11.3 Å². The molecule has 1 amide bonds. The number of aryl methyl sites for hydroxylation is 1. The molecule has 180 valence electrons. The normalized spacial score (nSPS) is 12.5. The van der Waals surface area contributed by atoms with Crippen molar-refractivity contribution in [2.24, 2.45) is 0 Å². The minimum absolute atomic E-state index is 0.0920. The third kappa shape index (κ3) is 5.72. The first-order chi connectivity index (χ1) is 16.9. The molecule has 0 bridgehead atoms. The van der Waals surface area contributed by atoms with E-state index in [1.165, 1.54) is 11.3 Å². The Morgan fingerprint density at radius 2 is 1.97 bits per heavy atom. The Morgan fingerprint density at radius 3 is 2.71 bits per heavy atom. The minimum atomic E-state index is -0.340. The lowest BCUT2D eigenvalue weighted by atomic mass is 9.96. The van der Waals surface area contributed by atoms with Crippen LogP contribution in [0.3, 0.4) is 0 Å². The van der Waals surface area contributed by atoms with Crippen molar-refractivity contribution in [3.63, 3.8) is 0 Å². The van der Waals surface area contributed by atoms with Crippen LogP contribution in [-0.2, 0) is 11.2 Å². The van der Waals surface area contributed by atoms with Gasteiger partial charge < -0.3 is 10.2 Å². The highest BCUT2D eigenvalue weighted by molar-refractivity contribution is 7.15. The van der Waals surface area contributed by atoms with Crippen molar-refractivity contribution < 1.29 is 9.59 Å². The molecule has 0 aliphatic rings. The number of nitrogens with one attached hydrogen (secondary N) is 1. The fourth-order valence-electron chi connectivity index (χ4n) is 3.69. The van der Waals surface area contributed by atoms with Crippen LogP contribution in [0.1, 0.15) is 35.0 Å². The number of hydrogen-bond acceptors (Lipinski definition) is 6. The summed E-state index contributed by atoms with van der Waals surface area (Å²) in [5.41, 5.74) is 3.41. The lowest BCUT2D eigenvalue weighted by molar-refractivity contribution is -0.117. The molecule has 4 rings (SSSR count). The number of rotatable bonds is 8. The number of aromatic nitrogens is 3. The molecule has 0 aliphatic heterocycles. The van der Waals surface area contributed by atoms with Crippen LogP contribution in [0.15, 0.2) is 67.1 Å². The molecule has 0 saturated carbocycles. The van der Waals surface area contributed by atoms with E-state index in [1.807, 2.05) is 68.4 Å². The number of hydrogen-bond donors (Lipinski definition) is 1. The highest BCUT2D eigenvalue weighted by atomic mass is 32.1. The van der Waals surface area contributed by atoms with Crippen LogP contribution in [0.4, 0.5) is 5.13 Å². The quantitative estimate of drug-likeness (QED) is 0.345. The fraction of sp³-hybridized carbons (Fsp3) is 0.259. The molecule has 1 atom stereocenters. The van der Waals surface area contributed by atoms with Gasteiger partial charge in [-0.25, -0.2) is 9.97 Å². The highest BCUT2D eigenvalue weighted by Crippen LogP contribution is 2.28. The summed E-state index contributed by atoms with van der Waals surface area (Å²) in [6.45, 7) is 4.65. The predicted octanol–water partition coefficient (Wildman–Crippen LogP) is 5.22. The van der Waals surface area contributed by atoms with Crippen molar-refractivity contribution in [2.75, 3.05) is 26.0 Å². The van der Waals surface area contributed by atoms with Gasteiger partial charge in [-0.3, -0.25) is 14.2 Å². The lowest BCUT2D eigenvalue weighted by Gasteiger charge is -2.13. The number of benzene rings is 1. The molecule has 3 heterocycles. The van der Waals surface area contributed by atoms with E-state index in [1.54, 1.807) is 29.2 Å². The van der Waals surface area contributed by atoms with Crippen LogP contribution >= 0.6 is 11.3 Å². The van der Waals surface area contributed by atoms with Crippen molar-refractivity contribution >= 4 is 39.3 Å². The van der Waals surface area contributed by atoms with Gasteiger partial charge in [-0.2, -0.15) is 0 Å². The Balaban J connectivity index is 1.52. The number of nitrogens with zero attached hydrogens (tertiary/aromatic N) is 4. The van der Waals surface area contributed by atoms with E-state index in [2.05, 4.69) is 22.2 Å². The average Bonchev–Trinajstić information content (AvgIpc) is 3.49. The topological polar surface area (TPSA) is 80.1 Å². The number of carbonyl (C=O) groups excluding carboxylic acids is 2. The molecule has 1 unspecified atom stereocenters. The summed E-state index contributed by atoms with van der Waals surface area (Å²) >= 11 is 1.50. The monoisotopic (exact) mass is 487 g/mol. The van der Waals surface area contributed by atoms with Gasteiger partial charge in [0.25, 0.3) is 5.91 Å². The van der Waals surface area contributed by atoms with Crippen molar-refractivity contribution in [3.05, 3.63) is 77.6 Å². The first-order valence-electron chi connectivity index (χ1n) is 11.5. The molecule has 0 spiro atoms. The van der Waals surface area contributed by atoms with E-state index in [-0.39, 0.29) is 17.7 Å². The predicted molar refractivity (Wildman–Crippen MR) is 142 cm³/mol. The molecule has 8 heteroatoms. The summed E-state index contributed by atoms with van der Waals surface area (Å²) in [5.74, 6) is -0.561. The number of fused-ring (bicyclic) bond motifs is 1. The minimum Gasteiger partial charge on any atom is -0.306 e. The van der Waals surface area contributed by atoms with Crippen molar-refractivity contribution in [2.45, 2.75) is 26.2 Å².